The Morgan fingerprint density at radius 3 is 2.11 bits per heavy atom. The van der Waals surface area contributed by atoms with Crippen LogP contribution in [-0.4, -0.2) is 5.91 Å². The van der Waals surface area contributed by atoms with Crippen LogP contribution in [0.15, 0.2) is 11.1 Å². The average molecular weight is 124 g/mol. The van der Waals surface area contributed by atoms with Gasteiger partial charge >= 0.3 is 0 Å². The topological polar surface area (TPSA) is 66.9 Å². The van der Waals surface area contributed by atoms with Gasteiger partial charge < -0.3 is 5.73 Å². The van der Waals surface area contributed by atoms with E-state index < -0.39 is 5.91 Å². The Kier molecular flexibility index (Phi) is 2.46. The summed E-state index contributed by atoms with van der Waals surface area (Å²) in [7, 11) is 0. The molecular weight excluding hydrogens is 116 g/mol. The van der Waals surface area contributed by atoms with Crippen molar-refractivity contribution >= 4 is 5.91 Å². The van der Waals surface area contributed by atoms with Gasteiger partial charge in [0, 0.05) is 11.1 Å². The highest BCUT2D eigenvalue weighted by Gasteiger charge is 2.00. The lowest BCUT2D eigenvalue weighted by Gasteiger charge is -1.91. The summed E-state index contributed by atoms with van der Waals surface area (Å²) in [6, 6.07) is 1.82. The summed E-state index contributed by atoms with van der Waals surface area (Å²) >= 11 is 0. The van der Waals surface area contributed by atoms with Crippen LogP contribution in [0, 0.1) is 11.3 Å². The lowest BCUT2D eigenvalue weighted by molar-refractivity contribution is -0.114. The second-order valence-corrected chi connectivity index (χ2v) is 1.73. The molecule has 3 heteroatoms. The maximum atomic E-state index is 10.3. The third kappa shape index (κ3) is 1.96. The van der Waals surface area contributed by atoms with Crippen LogP contribution in [0.2, 0.25) is 0 Å². The molecular formula is C6H8N2O. The van der Waals surface area contributed by atoms with Crippen LogP contribution >= 0.6 is 0 Å². The van der Waals surface area contributed by atoms with E-state index in [0.29, 0.717) is 11.1 Å². The first kappa shape index (κ1) is 7.70. The molecule has 0 aliphatic carbocycles. The van der Waals surface area contributed by atoms with Gasteiger partial charge in [-0.2, -0.15) is 5.26 Å². The van der Waals surface area contributed by atoms with Crippen LogP contribution in [0.3, 0.4) is 0 Å². The molecule has 9 heavy (non-hydrogen) atoms. The van der Waals surface area contributed by atoms with Crippen molar-refractivity contribution in [1.82, 2.24) is 0 Å². The molecule has 0 radical (unpaired) electrons. The summed E-state index contributed by atoms with van der Waals surface area (Å²) in [6.07, 6.45) is 0. The lowest BCUT2D eigenvalue weighted by Crippen LogP contribution is -2.12. The molecule has 0 rings (SSSR count). The van der Waals surface area contributed by atoms with Gasteiger partial charge in [0.15, 0.2) is 0 Å². The zero-order valence-electron chi connectivity index (χ0n) is 5.43. The second kappa shape index (κ2) is 2.88. The molecule has 0 unspecified atom stereocenters. The molecule has 0 bridgehead atoms. The van der Waals surface area contributed by atoms with Crippen molar-refractivity contribution in [2.45, 2.75) is 13.8 Å². The van der Waals surface area contributed by atoms with Crippen molar-refractivity contribution in [2.24, 2.45) is 5.73 Å². The highest BCUT2D eigenvalue weighted by molar-refractivity contribution is 5.92. The number of rotatable bonds is 1. The molecule has 0 saturated heterocycles. The van der Waals surface area contributed by atoms with Crippen LogP contribution in [0.4, 0.5) is 0 Å². The van der Waals surface area contributed by atoms with Crippen LogP contribution in [0.25, 0.3) is 0 Å². The van der Waals surface area contributed by atoms with Gasteiger partial charge in [-0.25, -0.2) is 0 Å². The third-order valence-electron chi connectivity index (χ3n) is 1.10. The number of nitrogens with zero attached hydrogens (tertiary/aromatic N) is 1. The quantitative estimate of drug-likeness (QED) is 0.404. The van der Waals surface area contributed by atoms with Crippen molar-refractivity contribution in [2.75, 3.05) is 0 Å². The normalized spacial score (nSPS) is 11.7. The minimum Gasteiger partial charge on any atom is -0.366 e. The van der Waals surface area contributed by atoms with Gasteiger partial charge in [-0.05, 0) is 13.8 Å². The van der Waals surface area contributed by atoms with E-state index in [1.165, 1.54) is 6.92 Å². The van der Waals surface area contributed by atoms with E-state index in [9.17, 15) is 4.79 Å². The molecule has 0 atom stereocenters. The SMILES string of the molecule is CC(C#N)=C(C)C(N)=O. The molecule has 0 heterocycles. The molecule has 0 saturated carbocycles. The molecule has 1 amide bonds. The largest absolute Gasteiger partial charge is 0.366 e. The minimum absolute atomic E-state index is 0.331. The second-order valence-electron chi connectivity index (χ2n) is 1.73. The standard InChI is InChI=1S/C6H8N2O/c1-4(3-7)5(2)6(8)9/h1-2H3,(H2,8,9). The number of nitrogens with two attached hydrogens (primary N) is 1. The fourth-order valence-electron chi connectivity index (χ4n) is 0.269. The Labute approximate surface area is 53.8 Å². The Morgan fingerprint density at radius 1 is 1.56 bits per heavy atom. The number of nitriles is 1. The predicted octanol–water partition coefficient (Wildman–Crippen LogP) is 0.332. The maximum absolute atomic E-state index is 10.3. The number of carbonyl (C=O) groups is 1. The van der Waals surface area contributed by atoms with Crippen molar-refractivity contribution in [3.63, 3.8) is 0 Å². The number of hydrogen-bond donors (Lipinski definition) is 1. The van der Waals surface area contributed by atoms with Gasteiger partial charge in [-0.3, -0.25) is 4.79 Å². The summed E-state index contributed by atoms with van der Waals surface area (Å²) < 4.78 is 0. The zero-order valence-corrected chi connectivity index (χ0v) is 5.43. The van der Waals surface area contributed by atoms with E-state index in [1.807, 2.05) is 6.07 Å². The van der Waals surface area contributed by atoms with Crippen molar-refractivity contribution in [3.8, 4) is 6.07 Å². The van der Waals surface area contributed by atoms with Gasteiger partial charge in [-0.15, -0.1) is 0 Å². The van der Waals surface area contributed by atoms with Crippen LogP contribution in [-0.2, 0) is 4.79 Å². The number of primary amides is 1. The van der Waals surface area contributed by atoms with Crippen molar-refractivity contribution in [1.29, 1.82) is 5.26 Å². The highest BCUT2D eigenvalue weighted by Crippen LogP contribution is 1.98. The van der Waals surface area contributed by atoms with E-state index >= 15 is 0 Å². The van der Waals surface area contributed by atoms with E-state index in [2.05, 4.69) is 0 Å². The minimum atomic E-state index is -0.533. The van der Waals surface area contributed by atoms with E-state index in [-0.39, 0.29) is 0 Å². The first-order valence-electron chi connectivity index (χ1n) is 2.47. The first-order chi connectivity index (χ1) is 4.09. The lowest BCUT2D eigenvalue weighted by atomic mass is 10.2. The fourth-order valence-corrected chi connectivity index (χ4v) is 0.269. The number of amides is 1. The monoisotopic (exact) mass is 124 g/mol. The van der Waals surface area contributed by atoms with E-state index in [0.717, 1.165) is 0 Å². The smallest absolute Gasteiger partial charge is 0.245 e. The average Bonchev–Trinajstić information content (AvgIpc) is 1.84. The zero-order chi connectivity index (χ0) is 7.44. The molecule has 0 aromatic rings. The van der Waals surface area contributed by atoms with Gasteiger partial charge in [0.2, 0.25) is 5.91 Å². The number of allylic oxidation sites excluding steroid dienone is 1. The fraction of sp³-hybridized carbons (Fsp3) is 0.333. The van der Waals surface area contributed by atoms with Crippen molar-refractivity contribution in [3.05, 3.63) is 11.1 Å². The Morgan fingerprint density at radius 2 is 2.00 bits per heavy atom. The number of carbonyl (C=O) groups excluding carboxylic acids is 1. The maximum Gasteiger partial charge on any atom is 0.245 e. The molecule has 2 N–H and O–H groups in total. The van der Waals surface area contributed by atoms with Crippen LogP contribution in [0.5, 0.6) is 0 Å². The van der Waals surface area contributed by atoms with E-state index in [1.54, 1.807) is 6.92 Å². The Bertz CT molecular complexity index is 198. The van der Waals surface area contributed by atoms with Crippen LogP contribution < -0.4 is 5.73 Å². The predicted molar refractivity (Wildman–Crippen MR) is 33.2 cm³/mol. The van der Waals surface area contributed by atoms with Gasteiger partial charge in [-0.1, -0.05) is 0 Å². The van der Waals surface area contributed by atoms with E-state index in [4.69, 9.17) is 11.0 Å². The third-order valence-corrected chi connectivity index (χ3v) is 1.10. The van der Waals surface area contributed by atoms with Crippen LogP contribution in [0.1, 0.15) is 13.8 Å². The molecule has 3 nitrogen and oxygen atoms in total. The Hall–Kier alpha value is -1.30. The Balaban J connectivity index is 4.54. The van der Waals surface area contributed by atoms with Gasteiger partial charge in [0.25, 0.3) is 0 Å². The molecule has 48 valence electrons. The van der Waals surface area contributed by atoms with Crippen molar-refractivity contribution < 1.29 is 4.79 Å². The molecule has 0 aliphatic heterocycles. The summed E-state index contributed by atoms with van der Waals surface area (Å²) in [6.45, 7) is 3.08. The molecule has 0 spiro atoms. The summed E-state index contributed by atoms with van der Waals surface area (Å²) in [5, 5.41) is 8.24. The first-order valence-corrected chi connectivity index (χ1v) is 2.47. The van der Waals surface area contributed by atoms with Gasteiger partial charge in [0.1, 0.15) is 0 Å². The highest BCUT2D eigenvalue weighted by atomic mass is 16.1. The molecule has 0 aliphatic rings. The molecule has 0 aromatic heterocycles. The molecule has 0 fully saturated rings. The summed E-state index contributed by atoms with van der Waals surface area (Å²) in [5.41, 5.74) is 5.57. The summed E-state index contributed by atoms with van der Waals surface area (Å²) in [4.78, 5) is 10.3. The number of hydrogen-bond acceptors (Lipinski definition) is 2. The summed E-state index contributed by atoms with van der Waals surface area (Å²) in [5.74, 6) is -0.533. The molecule has 0 aromatic carbocycles. The van der Waals surface area contributed by atoms with Gasteiger partial charge in [0.05, 0.1) is 6.07 Å².